The van der Waals surface area contributed by atoms with Crippen LogP contribution in [0.1, 0.15) is 42.6 Å². The summed E-state index contributed by atoms with van der Waals surface area (Å²) >= 11 is 0. The van der Waals surface area contributed by atoms with Gasteiger partial charge >= 0.3 is 0 Å². The van der Waals surface area contributed by atoms with E-state index in [1.54, 1.807) is 12.5 Å². The zero-order chi connectivity index (χ0) is 18.9. The van der Waals surface area contributed by atoms with Crippen LogP contribution in [0.3, 0.4) is 0 Å². The van der Waals surface area contributed by atoms with Crippen molar-refractivity contribution in [2.24, 2.45) is 5.41 Å². The molecule has 2 aromatic heterocycles. The summed E-state index contributed by atoms with van der Waals surface area (Å²) in [5, 5.41) is 0. The van der Waals surface area contributed by atoms with E-state index in [1.807, 2.05) is 30.0 Å². The van der Waals surface area contributed by atoms with Crippen molar-refractivity contribution >= 4 is 11.7 Å². The van der Waals surface area contributed by atoms with E-state index in [4.69, 9.17) is 0 Å². The van der Waals surface area contributed by atoms with Crippen molar-refractivity contribution < 1.29 is 4.79 Å². The van der Waals surface area contributed by atoms with Crippen LogP contribution in [0, 0.1) is 19.3 Å². The second-order valence-corrected chi connectivity index (χ2v) is 8.00. The van der Waals surface area contributed by atoms with E-state index >= 15 is 0 Å². The normalized spacial score (nSPS) is 23.1. The third kappa shape index (κ3) is 3.66. The summed E-state index contributed by atoms with van der Waals surface area (Å²) < 4.78 is 0. The number of nitrogens with zero attached hydrogens (tertiary/aromatic N) is 5. The molecule has 0 N–H and O–H groups in total. The van der Waals surface area contributed by atoms with Crippen molar-refractivity contribution in [3.63, 3.8) is 0 Å². The topological polar surface area (TPSA) is 62.2 Å². The van der Waals surface area contributed by atoms with Gasteiger partial charge in [0, 0.05) is 48.9 Å². The van der Waals surface area contributed by atoms with Gasteiger partial charge in [-0.05, 0) is 45.2 Å². The first kappa shape index (κ1) is 17.9. The van der Waals surface area contributed by atoms with Gasteiger partial charge in [-0.25, -0.2) is 9.97 Å². The number of likely N-dealkylation sites (tertiary alicyclic amines) is 1. The molecule has 1 atom stereocenters. The predicted molar refractivity (Wildman–Crippen MR) is 104 cm³/mol. The first-order valence-electron chi connectivity index (χ1n) is 9.77. The van der Waals surface area contributed by atoms with Crippen molar-refractivity contribution in [2.45, 2.75) is 46.1 Å². The number of hydrogen-bond acceptors (Lipinski definition) is 5. The molecular formula is C21H27N5O. The predicted octanol–water partition coefficient (Wildman–Crippen LogP) is 2.90. The number of rotatable bonds is 3. The molecule has 27 heavy (non-hydrogen) atoms. The van der Waals surface area contributed by atoms with Gasteiger partial charge in [0.15, 0.2) is 0 Å². The molecule has 2 aromatic rings. The van der Waals surface area contributed by atoms with Crippen LogP contribution in [0.5, 0.6) is 0 Å². The molecule has 0 aliphatic carbocycles. The molecule has 0 saturated carbocycles. The first-order chi connectivity index (χ1) is 13.1. The number of carbonyl (C=O) groups excluding carboxylic acids is 1. The van der Waals surface area contributed by atoms with E-state index in [2.05, 4.69) is 26.8 Å². The summed E-state index contributed by atoms with van der Waals surface area (Å²) in [5.74, 6) is 1.30. The number of aromatic nitrogens is 3. The van der Waals surface area contributed by atoms with E-state index in [0.29, 0.717) is 13.0 Å². The number of aryl methyl sites for hydroxylation is 1. The Kier molecular flexibility index (Phi) is 4.81. The summed E-state index contributed by atoms with van der Waals surface area (Å²) in [6, 6.07) is 5.89. The molecule has 1 unspecified atom stereocenters. The highest BCUT2D eigenvalue weighted by molar-refractivity contribution is 5.77. The minimum Gasteiger partial charge on any atom is -0.356 e. The van der Waals surface area contributed by atoms with Gasteiger partial charge in [0.2, 0.25) is 5.91 Å². The molecule has 2 aliphatic rings. The van der Waals surface area contributed by atoms with Crippen molar-refractivity contribution in [2.75, 3.05) is 24.5 Å². The Morgan fingerprint density at radius 2 is 2.00 bits per heavy atom. The molecule has 1 amide bonds. The molecule has 4 heterocycles. The molecule has 2 fully saturated rings. The SMILES string of the molecule is Cc1ncnc(N2CCCC3(CCC(=O)N(Cc4ccccn4)C3)C2)c1C. The fourth-order valence-electron chi connectivity index (χ4n) is 4.50. The number of hydrogen-bond donors (Lipinski definition) is 0. The number of amides is 1. The minimum atomic E-state index is 0.145. The average Bonchev–Trinajstić information content (AvgIpc) is 2.68. The molecule has 142 valence electrons. The lowest BCUT2D eigenvalue weighted by atomic mass is 9.73. The lowest BCUT2D eigenvalue weighted by Gasteiger charge is -2.48. The Labute approximate surface area is 160 Å². The van der Waals surface area contributed by atoms with E-state index in [-0.39, 0.29) is 11.3 Å². The largest absolute Gasteiger partial charge is 0.356 e. The van der Waals surface area contributed by atoms with Gasteiger partial charge in [0.05, 0.1) is 12.2 Å². The highest BCUT2D eigenvalue weighted by Gasteiger charge is 2.42. The lowest BCUT2D eigenvalue weighted by molar-refractivity contribution is -0.138. The van der Waals surface area contributed by atoms with Crippen LogP contribution in [-0.4, -0.2) is 45.4 Å². The number of carbonyl (C=O) groups is 1. The highest BCUT2D eigenvalue weighted by Crippen LogP contribution is 2.40. The van der Waals surface area contributed by atoms with Crippen LogP contribution >= 0.6 is 0 Å². The molecule has 1 spiro atoms. The molecule has 2 aliphatic heterocycles. The molecule has 6 heteroatoms. The number of anilines is 1. The maximum Gasteiger partial charge on any atom is 0.222 e. The summed E-state index contributed by atoms with van der Waals surface area (Å²) in [7, 11) is 0. The van der Waals surface area contributed by atoms with Crippen molar-refractivity contribution in [1.29, 1.82) is 0 Å². The maximum absolute atomic E-state index is 12.5. The monoisotopic (exact) mass is 365 g/mol. The van der Waals surface area contributed by atoms with Gasteiger partial charge in [-0.3, -0.25) is 9.78 Å². The molecule has 6 nitrogen and oxygen atoms in total. The zero-order valence-electron chi connectivity index (χ0n) is 16.2. The Hall–Kier alpha value is -2.50. The molecule has 2 saturated heterocycles. The van der Waals surface area contributed by atoms with E-state index in [0.717, 1.165) is 55.2 Å². The van der Waals surface area contributed by atoms with Crippen LogP contribution in [0.2, 0.25) is 0 Å². The van der Waals surface area contributed by atoms with Crippen molar-refractivity contribution in [3.8, 4) is 0 Å². The number of piperidine rings is 2. The van der Waals surface area contributed by atoms with Gasteiger partial charge < -0.3 is 9.80 Å². The van der Waals surface area contributed by atoms with Crippen LogP contribution in [-0.2, 0) is 11.3 Å². The lowest BCUT2D eigenvalue weighted by Crippen LogP contribution is -2.54. The summed E-state index contributed by atoms with van der Waals surface area (Å²) in [4.78, 5) is 30.2. The molecular weight excluding hydrogens is 338 g/mol. The van der Waals surface area contributed by atoms with Gasteiger partial charge in [0.25, 0.3) is 0 Å². The van der Waals surface area contributed by atoms with Gasteiger partial charge in [-0.15, -0.1) is 0 Å². The molecule has 4 rings (SSSR count). The first-order valence-corrected chi connectivity index (χ1v) is 9.77. The van der Waals surface area contributed by atoms with Gasteiger partial charge in [-0.1, -0.05) is 6.07 Å². The van der Waals surface area contributed by atoms with Crippen molar-refractivity contribution in [3.05, 3.63) is 47.7 Å². The molecule has 0 bridgehead atoms. The quantitative estimate of drug-likeness (QED) is 0.837. The average molecular weight is 365 g/mol. The zero-order valence-corrected chi connectivity index (χ0v) is 16.2. The van der Waals surface area contributed by atoms with E-state index in [1.165, 1.54) is 6.42 Å². The van der Waals surface area contributed by atoms with Crippen LogP contribution < -0.4 is 4.90 Å². The molecule has 0 radical (unpaired) electrons. The Balaban J connectivity index is 1.53. The fraction of sp³-hybridized carbons (Fsp3) is 0.524. The summed E-state index contributed by atoms with van der Waals surface area (Å²) in [6.07, 6.45) is 7.35. The standard InChI is InChI=1S/C21H27N5O/c1-16-17(2)23-15-24-20(16)25-11-5-8-21(13-25)9-7-19(27)26(14-21)12-18-6-3-4-10-22-18/h3-4,6,10,15H,5,7-9,11-14H2,1-2H3. The fourth-order valence-corrected chi connectivity index (χ4v) is 4.50. The third-order valence-electron chi connectivity index (χ3n) is 6.10. The highest BCUT2D eigenvalue weighted by atomic mass is 16.2. The minimum absolute atomic E-state index is 0.145. The van der Waals surface area contributed by atoms with Crippen LogP contribution in [0.25, 0.3) is 0 Å². The number of pyridine rings is 1. The Morgan fingerprint density at radius 1 is 1.11 bits per heavy atom. The van der Waals surface area contributed by atoms with E-state index < -0.39 is 0 Å². The smallest absolute Gasteiger partial charge is 0.222 e. The third-order valence-corrected chi connectivity index (χ3v) is 6.10. The van der Waals surface area contributed by atoms with Gasteiger partial charge in [0.1, 0.15) is 12.1 Å². The Bertz CT molecular complexity index is 825. The maximum atomic E-state index is 12.5. The second kappa shape index (κ2) is 7.25. The summed E-state index contributed by atoms with van der Waals surface area (Å²) in [5.41, 5.74) is 3.30. The Morgan fingerprint density at radius 3 is 2.81 bits per heavy atom. The molecule has 0 aromatic carbocycles. The van der Waals surface area contributed by atoms with Crippen LogP contribution in [0.4, 0.5) is 5.82 Å². The van der Waals surface area contributed by atoms with E-state index in [9.17, 15) is 4.79 Å². The van der Waals surface area contributed by atoms with Gasteiger partial charge in [-0.2, -0.15) is 0 Å². The van der Waals surface area contributed by atoms with Crippen molar-refractivity contribution in [1.82, 2.24) is 19.9 Å². The second-order valence-electron chi connectivity index (χ2n) is 8.00. The van der Waals surface area contributed by atoms with Crippen LogP contribution in [0.15, 0.2) is 30.7 Å². The summed E-state index contributed by atoms with van der Waals surface area (Å²) in [6.45, 7) is 7.52.